The summed E-state index contributed by atoms with van der Waals surface area (Å²) in [5.41, 5.74) is 1.14. The Morgan fingerprint density at radius 1 is 1.35 bits per heavy atom. The molecule has 5 heteroatoms. The standard InChI is InChI=1S/C12H11NO4/c14-12(10-5-6-17-8-10)7-9-3-1-2-4-11(9)13(15)16/h1-6,8,12,14H,7H2. The van der Waals surface area contributed by atoms with E-state index in [0.717, 1.165) is 0 Å². The van der Waals surface area contributed by atoms with Gasteiger partial charge in [0.25, 0.3) is 5.69 Å². The lowest BCUT2D eigenvalue weighted by atomic mass is 10.0. The van der Waals surface area contributed by atoms with Gasteiger partial charge in [-0.1, -0.05) is 18.2 Å². The molecule has 1 aromatic heterocycles. The molecule has 1 atom stereocenters. The van der Waals surface area contributed by atoms with Crippen molar-refractivity contribution in [3.05, 3.63) is 64.1 Å². The van der Waals surface area contributed by atoms with Crippen molar-refractivity contribution in [1.82, 2.24) is 0 Å². The fourth-order valence-electron chi connectivity index (χ4n) is 1.65. The number of para-hydroxylation sites is 1. The van der Waals surface area contributed by atoms with Crippen LogP contribution in [0.15, 0.2) is 47.3 Å². The summed E-state index contributed by atoms with van der Waals surface area (Å²) in [4.78, 5) is 10.3. The number of nitro benzene ring substituents is 1. The molecule has 0 radical (unpaired) electrons. The molecule has 0 bridgehead atoms. The van der Waals surface area contributed by atoms with Crippen LogP contribution in [0.25, 0.3) is 0 Å². The molecule has 17 heavy (non-hydrogen) atoms. The molecule has 0 aliphatic carbocycles. The fraction of sp³-hybridized carbons (Fsp3) is 0.167. The van der Waals surface area contributed by atoms with Crippen molar-refractivity contribution in [3.8, 4) is 0 Å². The highest BCUT2D eigenvalue weighted by Crippen LogP contribution is 2.24. The molecule has 0 aliphatic rings. The average Bonchev–Trinajstić information content (AvgIpc) is 2.83. The SMILES string of the molecule is O=[N+]([O-])c1ccccc1CC(O)c1ccoc1. The van der Waals surface area contributed by atoms with Gasteiger partial charge in [0.2, 0.25) is 0 Å². The maximum absolute atomic E-state index is 10.8. The van der Waals surface area contributed by atoms with Crippen LogP contribution in [0.2, 0.25) is 0 Å². The minimum absolute atomic E-state index is 0.0232. The summed E-state index contributed by atoms with van der Waals surface area (Å²) in [6.07, 6.45) is 2.28. The van der Waals surface area contributed by atoms with Crippen LogP contribution in [-0.2, 0) is 6.42 Å². The van der Waals surface area contributed by atoms with Crippen LogP contribution in [0, 0.1) is 10.1 Å². The van der Waals surface area contributed by atoms with Crippen LogP contribution in [-0.4, -0.2) is 10.0 Å². The molecule has 0 saturated heterocycles. The van der Waals surface area contributed by atoms with Gasteiger partial charge in [0.1, 0.15) is 0 Å². The lowest BCUT2D eigenvalue weighted by molar-refractivity contribution is -0.385. The number of hydrogen-bond acceptors (Lipinski definition) is 4. The molecule has 5 nitrogen and oxygen atoms in total. The van der Waals surface area contributed by atoms with Crippen molar-refractivity contribution in [2.75, 3.05) is 0 Å². The van der Waals surface area contributed by atoms with E-state index in [4.69, 9.17) is 4.42 Å². The van der Waals surface area contributed by atoms with E-state index in [1.54, 1.807) is 24.3 Å². The summed E-state index contributed by atoms with van der Waals surface area (Å²) in [5, 5.41) is 20.7. The first kappa shape index (κ1) is 11.3. The van der Waals surface area contributed by atoms with Crippen LogP contribution in [0.4, 0.5) is 5.69 Å². The monoisotopic (exact) mass is 233 g/mol. The number of aliphatic hydroxyl groups excluding tert-OH is 1. The molecule has 1 unspecified atom stereocenters. The molecule has 0 spiro atoms. The number of nitro groups is 1. The predicted molar refractivity (Wildman–Crippen MR) is 60.5 cm³/mol. The van der Waals surface area contributed by atoms with Gasteiger partial charge in [-0.3, -0.25) is 10.1 Å². The van der Waals surface area contributed by atoms with Gasteiger partial charge in [-0.25, -0.2) is 0 Å². The predicted octanol–water partition coefficient (Wildman–Crippen LogP) is 2.46. The summed E-state index contributed by atoms with van der Waals surface area (Å²) < 4.78 is 4.86. The highest BCUT2D eigenvalue weighted by Gasteiger charge is 2.17. The summed E-state index contributed by atoms with van der Waals surface area (Å²) in [7, 11) is 0. The molecule has 0 fully saturated rings. The molecular weight excluding hydrogens is 222 g/mol. The highest BCUT2D eigenvalue weighted by atomic mass is 16.6. The van der Waals surface area contributed by atoms with Gasteiger partial charge >= 0.3 is 0 Å². The van der Waals surface area contributed by atoms with Gasteiger partial charge < -0.3 is 9.52 Å². The molecule has 88 valence electrons. The Labute approximate surface area is 97.5 Å². The summed E-state index contributed by atoms with van der Waals surface area (Å²) in [5.74, 6) is 0. The van der Waals surface area contributed by atoms with Gasteiger partial charge in [-0.05, 0) is 6.07 Å². The third-order valence-electron chi connectivity index (χ3n) is 2.53. The van der Waals surface area contributed by atoms with E-state index < -0.39 is 11.0 Å². The molecule has 0 amide bonds. The quantitative estimate of drug-likeness (QED) is 0.650. The summed E-state index contributed by atoms with van der Waals surface area (Å²) in [6, 6.07) is 8.02. The Morgan fingerprint density at radius 2 is 2.12 bits per heavy atom. The van der Waals surface area contributed by atoms with Crippen LogP contribution in [0.5, 0.6) is 0 Å². The number of furan rings is 1. The number of nitrogens with zero attached hydrogens (tertiary/aromatic N) is 1. The zero-order valence-corrected chi connectivity index (χ0v) is 8.95. The normalized spacial score (nSPS) is 12.3. The van der Waals surface area contributed by atoms with Crippen LogP contribution in [0.1, 0.15) is 17.2 Å². The molecule has 2 rings (SSSR count). The van der Waals surface area contributed by atoms with Gasteiger partial charge in [-0.2, -0.15) is 0 Å². The first-order chi connectivity index (χ1) is 8.18. The molecule has 0 saturated carbocycles. The number of hydrogen-bond donors (Lipinski definition) is 1. The lowest BCUT2D eigenvalue weighted by Crippen LogP contribution is -2.03. The fourth-order valence-corrected chi connectivity index (χ4v) is 1.65. The van der Waals surface area contributed by atoms with Crippen molar-refractivity contribution < 1.29 is 14.4 Å². The summed E-state index contributed by atoms with van der Waals surface area (Å²) in [6.45, 7) is 0. The van der Waals surface area contributed by atoms with E-state index >= 15 is 0 Å². The van der Waals surface area contributed by atoms with Crippen LogP contribution in [0.3, 0.4) is 0 Å². The third kappa shape index (κ3) is 2.51. The molecule has 0 aliphatic heterocycles. The van der Waals surface area contributed by atoms with Crippen molar-refractivity contribution in [3.63, 3.8) is 0 Å². The minimum Gasteiger partial charge on any atom is -0.472 e. The topological polar surface area (TPSA) is 76.5 Å². The zero-order chi connectivity index (χ0) is 12.3. The van der Waals surface area contributed by atoms with Gasteiger partial charge in [0.05, 0.1) is 23.6 Å². The second-order valence-electron chi connectivity index (χ2n) is 3.66. The molecular formula is C12H11NO4. The Bertz CT molecular complexity index is 507. The number of aliphatic hydroxyl groups is 1. The van der Waals surface area contributed by atoms with Crippen molar-refractivity contribution in [2.45, 2.75) is 12.5 Å². The Hall–Kier alpha value is -2.14. The van der Waals surface area contributed by atoms with E-state index in [1.807, 2.05) is 0 Å². The van der Waals surface area contributed by atoms with E-state index in [2.05, 4.69) is 0 Å². The van der Waals surface area contributed by atoms with E-state index in [0.29, 0.717) is 11.1 Å². The van der Waals surface area contributed by atoms with Crippen molar-refractivity contribution in [1.29, 1.82) is 0 Å². The van der Waals surface area contributed by atoms with Crippen molar-refractivity contribution in [2.24, 2.45) is 0 Å². The van der Waals surface area contributed by atoms with E-state index in [9.17, 15) is 15.2 Å². The molecule has 1 N–H and O–H groups in total. The Morgan fingerprint density at radius 3 is 2.76 bits per heavy atom. The maximum Gasteiger partial charge on any atom is 0.272 e. The molecule has 2 aromatic rings. The van der Waals surface area contributed by atoms with Gasteiger partial charge in [0.15, 0.2) is 0 Å². The summed E-state index contributed by atoms with van der Waals surface area (Å²) >= 11 is 0. The van der Waals surface area contributed by atoms with Gasteiger partial charge in [0, 0.05) is 23.6 Å². The average molecular weight is 233 g/mol. The number of benzene rings is 1. The smallest absolute Gasteiger partial charge is 0.272 e. The minimum atomic E-state index is -0.796. The highest BCUT2D eigenvalue weighted by molar-refractivity contribution is 5.40. The first-order valence-corrected chi connectivity index (χ1v) is 5.11. The number of rotatable bonds is 4. The largest absolute Gasteiger partial charge is 0.472 e. The van der Waals surface area contributed by atoms with Crippen LogP contribution >= 0.6 is 0 Å². The Kier molecular flexibility index (Phi) is 3.20. The molecule has 1 heterocycles. The second-order valence-corrected chi connectivity index (χ2v) is 3.66. The van der Waals surface area contributed by atoms with Crippen LogP contribution < -0.4 is 0 Å². The maximum atomic E-state index is 10.8. The second kappa shape index (κ2) is 4.80. The molecule has 1 aromatic carbocycles. The first-order valence-electron chi connectivity index (χ1n) is 5.11. The zero-order valence-electron chi connectivity index (χ0n) is 8.95. The Balaban J connectivity index is 2.21. The lowest BCUT2D eigenvalue weighted by Gasteiger charge is -2.08. The van der Waals surface area contributed by atoms with E-state index in [1.165, 1.54) is 18.6 Å². The van der Waals surface area contributed by atoms with Crippen molar-refractivity contribution >= 4 is 5.69 Å². The van der Waals surface area contributed by atoms with Gasteiger partial charge in [-0.15, -0.1) is 0 Å². The van der Waals surface area contributed by atoms with E-state index in [-0.39, 0.29) is 12.1 Å². The third-order valence-corrected chi connectivity index (χ3v) is 2.53.